The zero-order valence-corrected chi connectivity index (χ0v) is 11.8. The van der Waals surface area contributed by atoms with Crippen LogP contribution in [-0.4, -0.2) is 25.4 Å². The van der Waals surface area contributed by atoms with Gasteiger partial charge in [0.1, 0.15) is 6.21 Å². The fraction of sp³-hybridized carbons (Fsp3) is 0.385. The first kappa shape index (κ1) is 15.5. The van der Waals surface area contributed by atoms with Gasteiger partial charge in [-0.15, -0.1) is 0 Å². The molecule has 0 spiro atoms. The Balaban J connectivity index is 2.65. The van der Waals surface area contributed by atoms with Crippen LogP contribution in [0.2, 0.25) is 0 Å². The molecule has 0 aromatic heterocycles. The van der Waals surface area contributed by atoms with Crippen molar-refractivity contribution in [2.75, 3.05) is 17.7 Å². The lowest BCUT2D eigenvalue weighted by atomic mass is 10.2. The predicted molar refractivity (Wildman–Crippen MR) is 75.2 cm³/mol. The molecule has 1 aromatic carbocycles. The molecule has 5 nitrogen and oxygen atoms in total. The highest BCUT2D eigenvalue weighted by Gasteiger charge is 2.04. The first-order valence-corrected chi connectivity index (χ1v) is 6.34. The van der Waals surface area contributed by atoms with Crippen LogP contribution in [0.4, 0.5) is 5.69 Å². The van der Waals surface area contributed by atoms with Crippen LogP contribution in [0.5, 0.6) is 0 Å². The molecule has 1 aromatic rings. The summed E-state index contributed by atoms with van der Waals surface area (Å²) in [6.45, 7) is 5.12. The highest BCUT2D eigenvalue weighted by Crippen LogP contribution is 2.18. The summed E-state index contributed by atoms with van der Waals surface area (Å²) in [5.74, 6) is -0.529. The number of nitrogens with zero attached hydrogens (tertiary/aromatic N) is 2. The number of rotatable bonds is 7. The third-order valence-corrected chi connectivity index (χ3v) is 2.43. The number of hydrogen-bond donors (Lipinski definition) is 0. The smallest absolute Gasteiger partial charge is 0.351 e. The van der Waals surface area contributed by atoms with E-state index in [2.05, 4.69) is 5.10 Å². The number of ether oxygens (including phenoxy) is 2. The highest BCUT2D eigenvalue weighted by molar-refractivity contribution is 6.28. The molecule has 0 bridgehead atoms. The molecular formula is C13H17ClN2O3. The second-order valence-corrected chi connectivity index (χ2v) is 3.88. The third-order valence-electron chi connectivity index (χ3n) is 2.15. The molecule has 0 saturated heterocycles. The lowest BCUT2D eigenvalue weighted by molar-refractivity contribution is -0.134. The monoisotopic (exact) mass is 284 g/mol. The number of hydrazone groups is 1. The van der Waals surface area contributed by atoms with E-state index in [-0.39, 0.29) is 0 Å². The van der Waals surface area contributed by atoms with Crippen molar-refractivity contribution in [3.8, 4) is 0 Å². The van der Waals surface area contributed by atoms with Gasteiger partial charge in [0.15, 0.2) is 0 Å². The second-order valence-electron chi connectivity index (χ2n) is 3.56. The second kappa shape index (κ2) is 8.50. The minimum Gasteiger partial charge on any atom is -0.462 e. The van der Waals surface area contributed by atoms with Gasteiger partial charge in [-0.25, -0.2) is 4.79 Å². The normalized spacial score (nSPS) is 10.7. The van der Waals surface area contributed by atoms with Gasteiger partial charge in [-0.2, -0.15) is 9.63 Å². The Labute approximate surface area is 117 Å². The van der Waals surface area contributed by atoms with Crippen molar-refractivity contribution in [1.82, 2.24) is 0 Å². The van der Waals surface area contributed by atoms with Crippen LogP contribution in [0.15, 0.2) is 29.4 Å². The van der Waals surface area contributed by atoms with E-state index in [1.54, 1.807) is 13.0 Å². The molecule has 6 heteroatoms. The summed E-state index contributed by atoms with van der Waals surface area (Å²) in [5, 5.41) is 3.79. The van der Waals surface area contributed by atoms with Gasteiger partial charge in [0.2, 0.25) is 0 Å². The van der Waals surface area contributed by atoms with Gasteiger partial charge in [-0.3, -0.25) is 0 Å². The van der Waals surface area contributed by atoms with Crippen LogP contribution in [0.3, 0.4) is 0 Å². The first-order chi connectivity index (χ1) is 9.17. The van der Waals surface area contributed by atoms with Gasteiger partial charge in [0, 0.05) is 18.4 Å². The molecule has 0 saturated carbocycles. The van der Waals surface area contributed by atoms with Gasteiger partial charge in [-0.1, -0.05) is 12.1 Å². The van der Waals surface area contributed by atoms with Crippen LogP contribution in [0.25, 0.3) is 0 Å². The molecule has 0 atom stereocenters. The number of esters is 1. The SMILES string of the molecule is CCOCc1cccc(N(Cl)N=CC(=O)OCC)c1. The van der Waals surface area contributed by atoms with E-state index in [0.29, 0.717) is 25.5 Å². The predicted octanol–water partition coefficient (Wildman–Crippen LogP) is 2.73. The standard InChI is InChI=1S/C13H17ClN2O3/c1-3-18-10-11-6-5-7-12(8-11)16(14)15-9-13(17)19-4-2/h5-9H,3-4,10H2,1-2H3. The molecule has 0 aliphatic carbocycles. The van der Waals surface area contributed by atoms with E-state index in [9.17, 15) is 4.79 Å². The lowest BCUT2D eigenvalue weighted by Gasteiger charge is -2.10. The summed E-state index contributed by atoms with van der Waals surface area (Å²) >= 11 is 5.94. The van der Waals surface area contributed by atoms with E-state index in [4.69, 9.17) is 21.3 Å². The van der Waals surface area contributed by atoms with E-state index in [0.717, 1.165) is 16.3 Å². The lowest BCUT2D eigenvalue weighted by Crippen LogP contribution is -2.09. The minimum absolute atomic E-state index is 0.303. The number of hydrogen-bond acceptors (Lipinski definition) is 5. The van der Waals surface area contributed by atoms with Crippen molar-refractivity contribution in [3.63, 3.8) is 0 Å². The maximum Gasteiger partial charge on any atom is 0.351 e. The molecule has 19 heavy (non-hydrogen) atoms. The van der Waals surface area contributed by atoms with Crippen molar-refractivity contribution in [2.45, 2.75) is 20.5 Å². The average molecular weight is 285 g/mol. The molecule has 0 radical (unpaired) electrons. The Hall–Kier alpha value is -1.59. The summed E-state index contributed by atoms with van der Waals surface area (Å²) in [5.41, 5.74) is 1.63. The Bertz CT molecular complexity index is 438. The Morgan fingerprint density at radius 1 is 1.42 bits per heavy atom. The van der Waals surface area contributed by atoms with Crippen molar-refractivity contribution in [1.29, 1.82) is 0 Å². The number of halogens is 1. The van der Waals surface area contributed by atoms with Crippen molar-refractivity contribution >= 4 is 29.6 Å². The summed E-state index contributed by atoms with van der Waals surface area (Å²) < 4.78 is 11.1. The first-order valence-electron chi connectivity index (χ1n) is 6.00. The van der Waals surface area contributed by atoms with Crippen molar-refractivity contribution in [3.05, 3.63) is 29.8 Å². The summed E-state index contributed by atoms with van der Waals surface area (Å²) in [6.07, 6.45) is 1.03. The van der Waals surface area contributed by atoms with E-state index in [1.165, 1.54) is 0 Å². The molecule has 1 rings (SSSR count). The zero-order valence-electron chi connectivity index (χ0n) is 11.0. The number of carbonyl (C=O) groups is 1. The van der Waals surface area contributed by atoms with Gasteiger partial charge in [0.05, 0.1) is 18.9 Å². The van der Waals surface area contributed by atoms with Crippen LogP contribution in [-0.2, 0) is 20.9 Å². The van der Waals surface area contributed by atoms with Crippen LogP contribution in [0, 0.1) is 0 Å². The molecule has 104 valence electrons. The fourth-order valence-corrected chi connectivity index (χ4v) is 1.47. The molecular weight excluding hydrogens is 268 g/mol. The van der Waals surface area contributed by atoms with E-state index < -0.39 is 5.97 Å². The van der Waals surface area contributed by atoms with Crippen molar-refractivity contribution < 1.29 is 14.3 Å². The van der Waals surface area contributed by atoms with Crippen LogP contribution < -0.4 is 4.53 Å². The summed E-state index contributed by atoms with van der Waals surface area (Å²) in [6, 6.07) is 7.40. The Morgan fingerprint density at radius 2 is 2.21 bits per heavy atom. The van der Waals surface area contributed by atoms with Crippen molar-refractivity contribution in [2.24, 2.45) is 5.10 Å². The molecule has 0 amide bonds. The third kappa shape index (κ3) is 5.72. The quantitative estimate of drug-likeness (QED) is 0.334. The van der Waals surface area contributed by atoms with Crippen LogP contribution in [0.1, 0.15) is 19.4 Å². The fourth-order valence-electron chi connectivity index (χ4n) is 1.32. The molecule has 0 aliphatic rings. The topological polar surface area (TPSA) is 51.1 Å². The molecule has 0 fully saturated rings. The number of carbonyl (C=O) groups excluding carboxylic acids is 1. The maximum atomic E-state index is 11.1. The minimum atomic E-state index is -0.529. The molecule has 0 N–H and O–H groups in total. The molecule has 0 unspecified atom stereocenters. The molecule has 0 aliphatic heterocycles. The van der Waals surface area contributed by atoms with Crippen LogP contribution >= 0.6 is 11.8 Å². The number of benzene rings is 1. The van der Waals surface area contributed by atoms with Gasteiger partial charge in [0.25, 0.3) is 0 Å². The molecule has 0 heterocycles. The average Bonchev–Trinajstić information content (AvgIpc) is 2.43. The number of anilines is 1. The zero-order chi connectivity index (χ0) is 14.1. The Morgan fingerprint density at radius 3 is 2.89 bits per heavy atom. The highest BCUT2D eigenvalue weighted by atomic mass is 35.5. The largest absolute Gasteiger partial charge is 0.462 e. The van der Waals surface area contributed by atoms with Gasteiger partial charge < -0.3 is 9.47 Å². The summed E-state index contributed by atoms with van der Waals surface area (Å²) in [4.78, 5) is 11.1. The van der Waals surface area contributed by atoms with E-state index >= 15 is 0 Å². The van der Waals surface area contributed by atoms with E-state index in [1.807, 2.05) is 25.1 Å². The Kier molecular flexibility index (Phi) is 6.92. The van der Waals surface area contributed by atoms with Gasteiger partial charge >= 0.3 is 5.97 Å². The maximum absolute atomic E-state index is 11.1. The van der Waals surface area contributed by atoms with Gasteiger partial charge in [-0.05, 0) is 31.5 Å². The summed E-state index contributed by atoms with van der Waals surface area (Å²) in [7, 11) is 0.